The van der Waals surface area contributed by atoms with Crippen LogP contribution in [0.15, 0.2) is 29.2 Å². The Morgan fingerprint density at radius 1 is 1.45 bits per heavy atom. The van der Waals surface area contributed by atoms with Crippen molar-refractivity contribution in [2.75, 3.05) is 13.1 Å². The molecule has 1 unspecified atom stereocenters. The van der Waals surface area contributed by atoms with Crippen LogP contribution in [0.3, 0.4) is 0 Å². The molecule has 1 fully saturated rings. The number of aliphatic hydroxyl groups is 1. The number of Topliss-reactive ketones (excluding diaryl/α,β-unsaturated/α-hetero) is 1. The summed E-state index contributed by atoms with van der Waals surface area (Å²) in [5.41, 5.74) is -0.580. The van der Waals surface area contributed by atoms with Crippen molar-refractivity contribution in [1.82, 2.24) is 4.31 Å². The SMILES string of the molecule is CCC(=O)c1cccc(S(=O)(=O)N2CCC(C)(O)C2)c1. The van der Waals surface area contributed by atoms with Gasteiger partial charge in [0.25, 0.3) is 0 Å². The summed E-state index contributed by atoms with van der Waals surface area (Å²) in [6, 6.07) is 6.08. The molecule has 0 amide bonds. The predicted octanol–water partition coefficient (Wildman–Crippen LogP) is 1.42. The van der Waals surface area contributed by atoms with E-state index in [1.165, 1.54) is 16.4 Å². The molecule has 1 aliphatic rings. The molecule has 1 N–H and O–H groups in total. The molecule has 1 aliphatic heterocycles. The van der Waals surface area contributed by atoms with Crippen LogP contribution in [-0.4, -0.2) is 42.3 Å². The molecule has 1 heterocycles. The van der Waals surface area contributed by atoms with Crippen LogP contribution in [0.25, 0.3) is 0 Å². The molecule has 6 heteroatoms. The third kappa shape index (κ3) is 2.92. The number of rotatable bonds is 4. The van der Waals surface area contributed by atoms with Crippen molar-refractivity contribution in [3.63, 3.8) is 0 Å². The van der Waals surface area contributed by atoms with Gasteiger partial charge < -0.3 is 5.11 Å². The lowest BCUT2D eigenvalue weighted by atomic mass is 10.1. The van der Waals surface area contributed by atoms with Gasteiger partial charge in [0.05, 0.1) is 10.5 Å². The van der Waals surface area contributed by atoms with Crippen LogP contribution >= 0.6 is 0 Å². The van der Waals surface area contributed by atoms with Crippen LogP contribution in [0, 0.1) is 0 Å². The van der Waals surface area contributed by atoms with Crippen molar-refractivity contribution < 1.29 is 18.3 Å². The number of hydrogen-bond acceptors (Lipinski definition) is 4. The van der Waals surface area contributed by atoms with Gasteiger partial charge >= 0.3 is 0 Å². The maximum absolute atomic E-state index is 12.5. The number of benzene rings is 1. The van der Waals surface area contributed by atoms with Gasteiger partial charge in [0.2, 0.25) is 10.0 Å². The first-order valence-corrected chi connectivity index (χ1v) is 8.06. The highest BCUT2D eigenvalue weighted by Gasteiger charge is 2.38. The third-order valence-electron chi connectivity index (χ3n) is 3.53. The van der Waals surface area contributed by atoms with Crippen LogP contribution in [0.4, 0.5) is 0 Å². The van der Waals surface area contributed by atoms with Crippen molar-refractivity contribution in [3.8, 4) is 0 Å². The number of ketones is 1. The Balaban J connectivity index is 2.33. The summed E-state index contributed by atoms with van der Waals surface area (Å²) < 4.78 is 26.2. The minimum Gasteiger partial charge on any atom is -0.389 e. The molecule has 0 aromatic heterocycles. The van der Waals surface area contributed by atoms with E-state index in [1.807, 2.05) is 0 Å². The molecule has 1 aromatic rings. The monoisotopic (exact) mass is 297 g/mol. The number of nitrogens with zero attached hydrogens (tertiary/aromatic N) is 1. The van der Waals surface area contributed by atoms with E-state index in [9.17, 15) is 18.3 Å². The second kappa shape index (κ2) is 5.27. The van der Waals surface area contributed by atoms with Gasteiger partial charge in [-0.1, -0.05) is 19.1 Å². The summed E-state index contributed by atoms with van der Waals surface area (Å²) in [7, 11) is -3.65. The molecule has 0 spiro atoms. The van der Waals surface area contributed by atoms with E-state index >= 15 is 0 Å². The number of β-amino-alcohol motifs (C(OH)–C–C–N with tert-alkyl or cyclic N) is 1. The fraction of sp³-hybridized carbons (Fsp3) is 0.500. The van der Waals surface area contributed by atoms with Gasteiger partial charge in [0.15, 0.2) is 5.78 Å². The first kappa shape index (κ1) is 15.2. The van der Waals surface area contributed by atoms with E-state index in [1.54, 1.807) is 26.0 Å². The zero-order valence-electron chi connectivity index (χ0n) is 11.7. The van der Waals surface area contributed by atoms with E-state index in [-0.39, 0.29) is 17.2 Å². The van der Waals surface area contributed by atoms with E-state index in [0.717, 1.165) is 0 Å². The highest BCUT2D eigenvalue weighted by atomic mass is 32.2. The topological polar surface area (TPSA) is 74.7 Å². The summed E-state index contributed by atoms with van der Waals surface area (Å²) in [6.45, 7) is 3.74. The van der Waals surface area contributed by atoms with E-state index in [2.05, 4.69) is 0 Å². The van der Waals surface area contributed by atoms with Gasteiger partial charge in [-0.05, 0) is 25.5 Å². The molecule has 5 nitrogen and oxygen atoms in total. The van der Waals surface area contributed by atoms with Crippen LogP contribution < -0.4 is 0 Å². The quantitative estimate of drug-likeness (QED) is 0.853. The number of carbonyl (C=O) groups is 1. The number of sulfonamides is 1. The normalized spacial score (nSPS) is 23.9. The molecule has 0 aliphatic carbocycles. The maximum atomic E-state index is 12.5. The standard InChI is InChI=1S/C14H19NO4S/c1-3-13(16)11-5-4-6-12(9-11)20(18,19)15-8-7-14(2,17)10-15/h4-6,9,17H,3,7-8,10H2,1-2H3. The predicted molar refractivity (Wildman–Crippen MR) is 75.1 cm³/mol. The summed E-state index contributed by atoms with van der Waals surface area (Å²) in [5, 5.41) is 9.90. The Kier molecular flexibility index (Phi) is 4.00. The Labute approximate surface area is 119 Å². The molecule has 0 saturated carbocycles. The van der Waals surface area contributed by atoms with Gasteiger partial charge in [-0.3, -0.25) is 4.79 Å². The van der Waals surface area contributed by atoms with Crippen molar-refractivity contribution in [3.05, 3.63) is 29.8 Å². The molecule has 0 radical (unpaired) electrons. The first-order valence-electron chi connectivity index (χ1n) is 6.62. The van der Waals surface area contributed by atoms with E-state index < -0.39 is 15.6 Å². The summed E-state index contributed by atoms with van der Waals surface area (Å²) in [6.07, 6.45) is 0.752. The summed E-state index contributed by atoms with van der Waals surface area (Å²) >= 11 is 0. The van der Waals surface area contributed by atoms with Gasteiger partial charge in [-0.25, -0.2) is 8.42 Å². The molecule has 110 valence electrons. The minimum atomic E-state index is -3.65. The lowest BCUT2D eigenvalue weighted by Crippen LogP contribution is -2.34. The second-order valence-electron chi connectivity index (χ2n) is 5.39. The number of carbonyl (C=O) groups excluding carboxylic acids is 1. The average Bonchev–Trinajstić information content (AvgIpc) is 2.79. The van der Waals surface area contributed by atoms with Crippen molar-refractivity contribution in [2.24, 2.45) is 0 Å². The number of hydrogen-bond donors (Lipinski definition) is 1. The maximum Gasteiger partial charge on any atom is 0.243 e. The lowest BCUT2D eigenvalue weighted by Gasteiger charge is -2.19. The Bertz CT molecular complexity index is 622. The van der Waals surface area contributed by atoms with Crippen LogP contribution in [0.2, 0.25) is 0 Å². The van der Waals surface area contributed by atoms with Crippen molar-refractivity contribution in [2.45, 2.75) is 37.2 Å². The summed E-state index contributed by atoms with van der Waals surface area (Å²) in [5.74, 6) is -0.0875. The molecular formula is C14H19NO4S. The lowest BCUT2D eigenvalue weighted by molar-refractivity contribution is 0.0762. The largest absolute Gasteiger partial charge is 0.389 e. The molecule has 1 atom stereocenters. The molecule has 1 aromatic carbocycles. The van der Waals surface area contributed by atoms with Gasteiger partial charge in [0, 0.05) is 25.1 Å². The zero-order valence-corrected chi connectivity index (χ0v) is 12.5. The Hall–Kier alpha value is -1.24. The van der Waals surface area contributed by atoms with Crippen molar-refractivity contribution in [1.29, 1.82) is 0 Å². The van der Waals surface area contributed by atoms with E-state index in [4.69, 9.17) is 0 Å². The molecule has 1 saturated heterocycles. The van der Waals surface area contributed by atoms with Gasteiger partial charge in [0.1, 0.15) is 0 Å². The Morgan fingerprint density at radius 3 is 2.70 bits per heavy atom. The highest BCUT2D eigenvalue weighted by molar-refractivity contribution is 7.89. The smallest absolute Gasteiger partial charge is 0.243 e. The Morgan fingerprint density at radius 2 is 2.15 bits per heavy atom. The molecule has 20 heavy (non-hydrogen) atoms. The van der Waals surface area contributed by atoms with Crippen LogP contribution in [0.1, 0.15) is 37.0 Å². The van der Waals surface area contributed by atoms with Crippen molar-refractivity contribution >= 4 is 15.8 Å². The van der Waals surface area contributed by atoms with Gasteiger partial charge in [-0.2, -0.15) is 4.31 Å². The fourth-order valence-electron chi connectivity index (χ4n) is 2.29. The first-order chi connectivity index (χ1) is 9.26. The van der Waals surface area contributed by atoms with Crippen LogP contribution in [0.5, 0.6) is 0 Å². The molecular weight excluding hydrogens is 278 g/mol. The van der Waals surface area contributed by atoms with E-state index in [0.29, 0.717) is 24.9 Å². The molecule has 2 rings (SSSR count). The minimum absolute atomic E-state index is 0.0846. The average molecular weight is 297 g/mol. The summed E-state index contributed by atoms with van der Waals surface area (Å²) in [4.78, 5) is 11.8. The fourth-order valence-corrected chi connectivity index (χ4v) is 3.90. The van der Waals surface area contributed by atoms with Crippen LogP contribution in [-0.2, 0) is 10.0 Å². The third-order valence-corrected chi connectivity index (χ3v) is 5.37. The zero-order chi connectivity index (χ0) is 15.0. The van der Waals surface area contributed by atoms with Gasteiger partial charge in [-0.15, -0.1) is 0 Å². The highest BCUT2D eigenvalue weighted by Crippen LogP contribution is 2.27. The second-order valence-corrected chi connectivity index (χ2v) is 7.33. The molecule has 0 bridgehead atoms.